The fraction of sp³-hybridized carbons (Fsp3) is 0.672. The third-order valence-corrected chi connectivity index (χ3v) is 11.6. The summed E-state index contributed by atoms with van der Waals surface area (Å²) in [7, 11) is 1.50. The number of amides is 1. The van der Waals surface area contributed by atoms with Crippen LogP contribution in [0.1, 0.15) is 231 Å². The number of benzene rings is 1. The Morgan fingerprint density at radius 2 is 1.30 bits per heavy atom. The van der Waals surface area contributed by atoms with E-state index in [1.165, 1.54) is 107 Å². The molecule has 3 rings (SSSR count). The Morgan fingerprint density at radius 1 is 0.818 bits per heavy atom. The molecule has 386 valence electrons. The van der Waals surface area contributed by atoms with E-state index in [2.05, 4.69) is 122 Å². The van der Waals surface area contributed by atoms with Crippen molar-refractivity contribution in [1.82, 2.24) is 5.32 Å². The molecule has 2 aliphatic rings. The lowest BCUT2D eigenvalue weighted by Gasteiger charge is -2.27. The second kappa shape index (κ2) is 57.8. The zero-order valence-electron chi connectivity index (χ0n) is 46.8. The zero-order chi connectivity index (χ0) is 52.1. The van der Waals surface area contributed by atoms with Crippen molar-refractivity contribution < 1.29 is 14.7 Å². The molecule has 2 fully saturated rings. The van der Waals surface area contributed by atoms with Crippen molar-refractivity contribution in [2.45, 2.75) is 231 Å². The molecule has 3 unspecified atom stereocenters. The number of carbonyl (C=O) groups is 2. The molecule has 66 heavy (non-hydrogen) atoms. The van der Waals surface area contributed by atoms with Gasteiger partial charge in [-0.05, 0) is 108 Å². The van der Waals surface area contributed by atoms with Crippen molar-refractivity contribution in [3.8, 4) is 0 Å². The molecule has 1 aromatic rings. The average molecular weight is 924 g/mol. The highest BCUT2D eigenvalue weighted by atomic mass is 16.3. The molecule has 0 heterocycles. The lowest BCUT2D eigenvalue weighted by atomic mass is 9.84. The van der Waals surface area contributed by atoms with Gasteiger partial charge in [0.05, 0.1) is 12.6 Å². The maximum absolute atomic E-state index is 11.9. The first kappa shape index (κ1) is 74.3. The van der Waals surface area contributed by atoms with E-state index in [0.29, 0.717) is 36.0 Å². The fourth-order valence-corrected chi connectivity index (χ4v) is 6.56. The van der Waals surface area contributed by atoms with Gasteiger partial charge in [-0.15, -0.1) is 6.58 Å². The van der Waals surface area contributed by atoms with Gasteiger partial charge >= 0.3 is 0 Å². The monoisotopic (exact) mass is 923 g/mol. The lowest BCUT2D eigenvalue weighted by Crippen LogP contribution is -2.42. The number of aliphatic hydroxyl groups excluding tert-OH is 1. The molecule has 0 spiro atoms. The minimum atomic E-state index is -0.237. The van der Waals surface area contributed by atoms with Gasteiger partial charge < -0.3 is 21.0 Å². The van der Waals surface area contributed by atoms with Crippen LogP contribution >= 0.6 is 0 Å². The SMILES string of the molecule is C/C=C\C=C(/CC)CO.C=C(C)C(=C)C(C)CC.C=C(C)C(C)C.C=CC(CCCC)c1ccccc1.CC.CC.CCCCC.CN.O=CC(NC(=O)CC1CCCC1)C1CCCCC1. The molecule has 0 aromatic heterocycles. The molecule has 2 aliphatic carbocycles. The number of hydrogen-bond acceptors (Lipinski definition) is 4. The van der Waals surface area contributed by atoms with Crippen molar-refractivity contribution in [2.75, 3.05) is 13.7 Å². The highest BCUT2D eigenvalue weighted by molar-refractivity contribution is 5.80. The van der Waals surface area contributed by atoms with Crippen LogP contribution in [0.25, 0.3) is 0 Å². The van der Waals surface area contributed by atoms with Gasteiger partial charge in [0.25, 0.3) is 0 Å². The summed E-state index contributed by atoms with van der Waals surface area (Å²) in [6.07, 6.45) is 30.1. The van der Waals surface area contributed by atoms with Crippen LogP contribution in [0.15, 0.2) is 103 Å². The summed E-state index contributed by atoms with van der Waals surface area (Å²) in [4.78, 5) is 23.1. The van der Waals surface area contributed by atoms with Crippen LogP contribution in [-0.4, -0.2) is 37.0 Å². The number of nitrogens with two attached hydrogens (primary N) is 1. The zero-order valence-corrected chi connectivity index (χ0v) is 46.8. The quantitative estimate of drug-likeness (QED) is 0.0732. The summed E-state index contributed by atoms with van der Waals surface area (Å²) >= 11 is 0. The van der Waals surface area contributed by atoms with E-state index in [1.54, 1.807) is 0 Å². The molecule has 5 heteroatoms. The smallest absolute Gasteiger partial charge is 0.220 e. The molecule has 1 amide bonds. The third-order valence-electron chi connectivity index (χ3n) is 11.6. The Hall–Kier alpha value is -3.28. The molecule has 0 bridgehead atoms. The Labute approximate surface area is 413 Å². The second-order valence-corrected chi connectivity index (χ2v) is 17.2. The van der Waals surface area contributed by atoms with Gasteiger partial charge in [0, 0.05) is 12.3 Å². The first-order valence-electron chi connectivity index (χ1n) is 26.6. The molecule has 5 nitrogen and oxygen atoms in total. The van der Waals surface area contributed by atoms with E-state index in [4.69, 9.17) is 5.11 Å². The van der Waals surface area contributed by atoms with Crippen LogP contribution in [0.5, 0.6) is 0 Å². The summed E-state index contributed by atoms with van der Waals surface area (Å²) in [5.41, 5.74) is 10.5. The second-order valence-electron chi connectivity index (χ2n) is 17.2. The molecule has 3 atom stereocenters. The Morgan fingerprint density at radius 3 is 1.64 bits per heavy atom. The van der Waals surface area contributed by atoms with Gasteiger partial charge in [-0.2, -0.15) is 0 Å². The number of rotatable bonds is 19. The molecule has 4 N–H and O–H groups in total. The van der Waals surface area contributed by atoms with Crippen molar-refractivity contribution >= 4 is 12.2 Å². The van der Waals surface area contributed by atoms with Crippen molar-refractivity contribution in [3.63, 3.8) is 0 Å². The summed E-state index contributed by atoms with van der Waals surface area (Å²) in [6, 6.07) is 10.4. The number of aldehydes is 1. The first-order chi connectivity index (χ1) is 31.7. The molecular weight excluding hydrogens is 809 g/mol. The van der Waals surface area contributed by atoms with Crippen LogP contribution in [0.3, 0.4) is 0 Å². The normalized spacial score (nSPS) is 14.2. The standard InChI is InChI=1S/C15H25NO2.C13H18.C9H16.C8H14O.C6H12.C5H12.2C2H6.CH5N/c17-11-14(13-8-2-1-3-9-13)16-15(18)10-12-6-4-5-7-12;1-3-5-9-12(4-2)13-10-7-6-8-11-13;1-6-8(4)9(5)7(2)3;1-3-5-6-8(4-2)7-9;1-5(2)6(3)4;1-3-5-4-2;3*1-2/h11-14H,1-10H2,(H,16,18);4,6-8,10-12H,2-3,5,9H2,1H3;8H,2,5-6H2,1,3-4H3;3,5-6,9H,4,7H2,1-2H3;6H,1H2,2-4H3;3-5H2,1-2H3;2*1-2H3;2H2,1H3/b;;;5-3-,8-6+;;;;;. The highest BCUT2D eigenvalue weighted by Gasteiger charge is 2.26. The summed E-state index contributed by atoms with van der Waals surface area (Å²) < 4.78 is 0. The molecule has 0 aliphatic heterocycles. The van der Waals surface area contributed by atoms with Crippen LogP contribution < -0.4 is 11.1 Å². The number of nitrogens with one attached hydrogen (secondary N) is 1. The van der Waals surface area contributed by atoms with E-state index >= 15 is 0 Å². The van der Waals surface area contributed by atoms with E-state index in [1.807, 2.05) is 73.6 Å². The molecule has 0 radical (unpaired) electrons. The van der Waals surface area contributed by atoms with Crippen molar-refractivity contribution in [3.05, 3.63) is 109 Å². The number of carbonyl (C=O) groups excluding carboxylic acids is 2. The number of unbranched alkanes of at least 4 members (excludes halogenated alkanes) is 3. The Kier molecular flexibility index (Phi) is 65.1. The van der Waals surface area contributed by atoms with Crippen LogP contribution in [0, 0.1) is 23.7 Å². The minimum Gasteiger partial charge on any atom is -0.392 e. The van der Waals surface area contributed by atoms with E-state index in [-0.39, 0.29) is 18.6 Å². The Balaban J connectivity index is -0.000000168. The molecule has 0 saturated heterocycles. The summed E-state index contributed by atoms with van der Waals surface area (Å²) in [5.74, 6) is 2.82. The van der Waals surface area contributed by atoms with Gasteiger partial charge in [-0.1, -0.05) is 238 Å². The van der Waals surface area contributed by atoms with Gasteiger partial charge in [0.1, 0.15) is 6.29 Å². The molecule has 1 aromatic carbocycles. The largest absolute Gasteiger partial charge is 0.392 e. The maximum Gasteiger partial charge on any atom is 0.220 e. The summed E-state index contributed by atoms with van der Waals surface area (Å²) in [5, 5.41) is 11.6. The fourth-order valence-electron chi connectivity index (χ4n) is 6.56. The molecular formula is C61H114N2O3. The summed E-state index contributed by atoms with van der Waals surface area (Å²) in [6.45, 7) is 46.9. The first-order valence-corrected chi connectivity index (χ1v) is 26.6. The van der Waals surface area contributed by atoms with Crippen LogP contribution in [-0.2, 0) is 9.59 Å². The van der Waals surface area contributed by atoms with E-state index in [0.717, 1.165) is 43.1 Å². The maximum atomic E-state index is 11.9. The predicted octanol–water partition coefficient (Wildman–Crippen LogP) is 18.1. The van der Waals surface area contributed by atoms with Gasteiger partial charge in [0.2, 0.25) is 5.91 Å². The van der Waals surface area contributed by atoms with Crippen LogP contribution in [0.2, 0.25) is 0 Å². The van der Waals surface area contributed by atoms with Crippen LogP contribution in [0.4, 0.5) is 0 Å². The number of hydrogen-bond donors (Lipinski definition) is 3. The number of aliphatic hydroxyl groups is 1. The minimum absolute atomic E-state index is 0.0876. The van der Waals surface area contributed by atoms with Gasteiger partial charge in [-0.25, -0.2) is 0 Å². The van der Waals surface area contributed by atoms with Crippen molar-refractivity contribution in [1.29, 1.82) is 0 Å². The predicted molar refractivity (Wildman–Crippen MR) is 301 cm³/mol. The highest BCUT2D eigenvalue weighted by Crippen LogP contribution is 2.29. The van der Waals surface area contributed by atoms with Crippen molar-refractivity contribution in [2.24, 2.45) is 29.4 Å². The lowest BCUT2D eigenvalue weighted by molar-refractivity contribution is -0.125. The van der Waals surface area contributed by atoms with E-state index < -0.39 is 0 Å². The van der Waals surface area contributed by atoms with E-state index in [9.17, 15) is 9.59 Å². The Bertz CT molecular complexity index is 1270. The van der Waals surface area contributed by atoms with Gasteiger partial charge in [0.15, 0.2) is 0 Å². The number of allylic oxidation sites excluding steroid dienone is 7. The average Bonchev–Trinajstić information content (AvgIpc) is 3.87. The topological polar surface area (TPSA) is 92.4 Å². The third kappa shape index (κ3) is 47.2. The van der Waals surface area contributed by atoms with Gasteiger partial charge in [-0.3, -0.25) is 4.79 Å². The molecule has 2 saturated carbocycles.